The number of rotatable bonds is 2. The number of halogens is 4. The van der Waals surface area contributed by atoms with E-state index in [0.717, 1.165) is 4.90 Å². The Morgan fingerprint density at radius 2 is 2.06 bits per heavy atom. The molecule has 16 heavy (non-hydrogen) atoms. The second-order valence-electron chi connectivity index (χ2n) is 3.25. The predicted molar refractivity (Wildman–Crippen MR) is 55.5 cm³/mol. The lowest BCUT2D eigenvalue weighted by Gasteiger charge is -2.21. The average molecular weight is 249 g/mol. The van der Waals surface area contributed by atoms with E-state index in [1.54, 1.807) is 0 Å². The first-order valence-electron chi connectivity index (χ1n) is 4.31. The quantitative estimate of drug-likeness (QED) is 0.804. The molecular weight excluding hydrogens is 241 g/mol. The van der Waals surface area contributed by atoms with E-state index in [-0.39, 0.29) is 10.6 Å². The van der Waals surface area contributed by atoms with Gasteiger partial charge in [-0.25, -0.2) is 0 Å². The van der Waals surface area contributed by atoms with Crippen molar-refractivity contribution >= 4 is 17.3 Å². The van der Waals surface area contributed by atoms with Crippen molar-refractivity contribution in [2.24, 2.45) is 0 Å². The van der Waals surface area contributed by atoms with E-state index in [9.17, 15) is 13.2 Å². The molecule has 0 saturated heterocycles. The maximum Gasteiger partial charge on any atom is 0.405 e. The van der Waals surface area contributed by atoms with Gasteiger partial charge in [-0.05, 0) is 18.2 Å². The van der Waals surface area contributed by atoms with Crippen LogP contribution in [-0.2, 0) is 0 Å². The minimum absolute atomic E-state index is 0.147. The zero-order valence-corrected chi connectivity index (χ0v) is 9.10. The highest BCUT2D eigenvalue weighted by atomic mass is 35.5. The summed E-state index contributed by atoms with van der Waals surface area (Å²) < 4.78 is 36.3. The maximum absolute atomic E-state index is 12.1. The van der Waals surface area contributed by atoms with Crippen LogP contribution in [0.2, 0.25) is 5.02 Å². The highest BCUT2D eigenvalue weighted by molar-refractivity contribution is 6.32. The summed E-state index contributed by atoms with van der Waals surface area (Å²) in [7, 11) is 1.31. The van der Waals surface area contributed by atoms with Crippen molar-refractivity contribution < 1.29 is 13.2 Å². The molecule has 0 N–H and O–H groups in total. The van der Waals surface area contributed by atoms with Gasteiger partial charge in [0.15, 0.2) is 0 Å². The number of anilines is 1. The normalized spacial score (nSPS) is 11.0. The van der Waals surface area contributed by atoms with Crippen molar-refractivity contribution in [3.05, 3.63) is 28.8 Å². The van der Waals surface area contributed by atoms with Gasteiger partial charge in [0.1, 0.15) is 12.6 Å². The number of hydrogen-bond donors (Lipinski definition) is 0. The third-order valence-electron chi connectivity index (χ3n) is 1.93. The van der Waals surface area contributed by atoms with E-state index < -0.39 is 12.7 Å². The summed E-state index contributed by atoms with van der Waals surface area (Å²) in [6, 6.07) is 6.00. The molecule has 2 nitrogen and oxygen atoms in total. The van der Waals surface area contributed by atoms with E-state index in [1.807, 2.05) is 6.07 Å². The molecule has 0 aliphatic rings. The molecule has 0 unspecified atom stereocenters. The molecule has 86 valence electrons. The molecule has 6 heteroatoms. The summed E-state index contributed by atoms with van der Waals surface area (Å²) >= 11 is 5.71. The van der Waals surface area contributed by atoms with Gasteiger partial charge in [0.25, 0.3) is 0 Å². The van der Waals surface area contributed by atoms with Crippen LogP contribution in [0, 0.1) is 11.3 Å². The molecule has 0 fully saturated rings. The van der Waals surface area contributed by atoms with Crippen LogP contribution in [0.4, 0.5) is 18.9 Å². The molecule has 0 amide bonds. The fourth-order valence-corrected chi connectivity index (χ4v) is 1.41. The van der Waals surface area contributed by atoms with E-state index in [4.69, 9.17) is 16.9 Å². The lowest BCUT2D eigenvalue weighted by atomic mass is 10.2. The molecule has 1 rings (SSSR count). The summed E-state index contributed by atoms with van der Waals surface area (Å²) in [4.78, 5) is 1.02. The summed E-state index contributed by atoms with van der Waals surface area (Å²) in [5, 5.41) is 8.75. The monoisotopic (exact) mass is 248 g/mol. The Kier molecular flexibility index (Phi) is 3.66. The van der Waals surface area contributed by atoms with Crippen LogP contribution in [-0.4, -0.2) is 19.8 Å². The molecule has 1 aromatic rings. The van der Waals surface area contributed by atoms with Gasteiger partial charge in [-0.1, -0.05) is 11.6 Å². The van der Waals surface area contributed by atoms with E-state index >= 15 is 0 Å². The third kappa shape index (κ3) is 3.31. The van der Waals surface area contributed by atoms with Gasteiger partial charge in [0.2, 0.25) is 0 Å². The van der Waals surface area contributed by atoms with Gasteiger partial charge < -0.3 is 4.90 Å². The Bertz CT molecular complexity index is 423. The molecule has 0 aromatic heterocycles. The van der Waals surface area contributed by atoms with Crippen molar-refractivity contribution in [3.63, 3.8) is 0 Å². The van der Waals surface area contributed by atoms with Gasteiger partial charge >= 0.3 is 6.18 Å². The van der Waals surface area contributed by atoms with E-state index in [2.05, 4.69) is 0 Å². The zero-order valence-electron chi connectivity index (χ0n) is 8.35. The minimum Gasteiger partial charge on any atom is -0.366 e. The first kappa shape index (κ1) is 12.7. The van der Waals surface area contributed by atoms with Crippen LogP contribution in [0.1, 0.15) is 5.56 Å². The number of alkyl halides is 3. The molecule has 0 spiro atoms. The smallest absolute Gasteiger partial charge is 0.366 e. The first-order chi connectivity index (χ1) is 7.33. The summed E-state index contributed by atoms with van der Waals surface area (Å²) in [5.41, 5.74) is 0.562. The number of hydrogen-bond acceptors (Lipinski definition) is 2. The fourth-order valence-electron chi connectivity index (χ4n) is 1.19. The molecule has 1 aromatic carbocycles. The Morgan fingerprint density at radius 3 is 2.50 bits per heavy atom. The highest BCUT2D eigenvalue weighted by Crippen LogP contribution is 2.25. The Hall–Kier alpha value is -1.41. The van der Waals surface area contributed by atoms with Crippen LogP contribution in [0.15, 0.2) is 18.2 Å². The predicted octanol–water partition coefficient (Wildman–Crippen LogP) is 3.21. The van der Waals surface area contributed by atoms with Gasteiger partial charge in [0, 0.05) is 12.7 Å². The second kappa shape index (κ2) is 4.62. The van der Waals surface area contributed by atoms with Crippen LogP contribution in [0.3, 0.4) is 0 Å². The lowest BCUT2D eigenvalue weighted by Crippen LogP contribution is -2.30. The van der Waals surface area contributed by atoms with Crippen molar-refractivity contribution in [1.29, 1.82) is 5.26 Å². The van der Waals surface area contributed by atoms with Crippen LogP contribution in [0.25, 0.3) is 0 Å². The Labute approximate surface area is 95.8 Å². The fraction of sp³-hybridized carbons (Fsp3) is 0.300. The van der Waals surface area contributed by atoms with Gasteiger partial charge in [-0.3, -0.25) is 0 Å². The van der Waals surface area contributed by atoms with Gasteiger partial charge in [0.05, 0.1) is 10.6 Å². The number of nitrogens with zero attached hydrogens (tertiary/aromatic N) is 2. The Morgan fingerprint density at radius 1 is 1.44 bits per heavy atom. The van der Waals surface area contributed by atoms with Crippen LogP contribution >= 0.6 is 11.6 Å². The third-order valence-corrected chi connectivity index (χ3v) is 2.24. The lowest BCUT2D eigenvalue weighted by molar-refractivity contribution is -0.119. The van der Waals surface area contributed by atoms with Crippen molar-refractivity contribution in [1.82, 2.24) is 0 Å². The maximum atomic E-state index is 12.1. The standard InChI is InChI=1S/C10H8ClF3N2/c1-16(6-10(12,13)14)8-3-2-7(5-15)9(11)4-8/h2-4H,6H2,1H3. The summed E-state index contributed by atoms with van der Waals surface area (Å²) in [5.74, 6) is 0. The molecule has 0 heterocycles. The second-order valence-corrected chi connectivity index (χ2v) is 3.65. The summed E-state index contributed by atoms with van der Waals surface area (Å²) in [6.45, 7) is -1.06. The minimum atomic E-state index is -4.27. The average Bonchev–Trinajstić information content (AvgIpc) is 2.15. The molecule has 0 aliphatic carbocycles. The molecule has 0 aliphatic heterocycles. The molecule has 0 saturated carbocycles. The highest BCUT2D eigenvalue weighted by Gasteiger charge is 2.29. The van der Waals surface area contributed by atoms with Crippen molar-refractivity contribution in [2.45, 2.75) is 6.18 Å². The molecule has 0 radical (unpaired) electrons. The van der Waals surface area contributed by atoms with E-state index in [1.165, 1.54) is 25.2 Å². The van der Waals surface area contributed by atoms with Gasteiger partial charge in [-0.2, -0.15) is 18.4 Å². The van der Waals surface area contributed by atoms with Crippen LogP contribution < -0.4 is 4.90 Å². The Balaban J connectivity index is 2.90. The van der Waals surface area contributed by atoms with E-state index in [0.29, 0.717) is 5.69 Å². The largest absolute Gasteiger partial charge is 0.405 e. The van der Waals surface area contributed by atoms with Gasteiger partial charge in [-0.15, -0.1) is 0 Å². The van der Waals surface area contributed by atoms with Crippen molar-refractivity contribution in [2.75, 3.05) is 18.5 Å². The van der Waals surface area contributed by atoms with Crippen LogP contribution in [0.5, 0.6) is 0 Å². The van der Waals surface area contributed by atoms with Crippen molar-refractivity contribution in [3.8, 4) is 6.07 Å². The molecular formula is C10H8ClF3N2. The topological polar surface area (TPSA) is 27.0 Å². The zero-order chi connectivity index (χ0) is 12.3. The number of benzene rings is 1. The molecule has 0 atom stereocenters. The number of nitriles is 1. The SMILES string of the molecule is CN(CC(F)(F)F)c1ccc(C#N)c(Cl)c1. The summed E-state index contributed by atoms with van der Waals surface area (Å²) in [6.07, 6.45) is -4.27. The first-order valence-corrected chi connectivity index (χ1v) is 4.69. The molecule has 0 bridgehead atoms.